The smallest absolute Gasteiger partial charge is 0.141 e. The Hall–Kier alpha value is -1.89. The molecule has 0 amide bonds. The van der Waals surface area contributed by atoms with Gasteiger partial charge >= 0.3 is 0 Å². The molecule has 1 heteroatoms. The van der Waals surface area contributed by atoms with Crippen molar-refractivity contribution in [1.82, 2.24) is 0 Å². The second-order valence-electron chi connectivity index (χ2n) is 4.22. The van der Waals surface area contributed by atoms with Gasteiger partial charge in [-0.15, -0.1) is 0 Å². The van der Waals surface area contributed by atoms with E-state index in [4.69, 9.17) is 0 Å². The molecule has 3 rings (SSSR count). The Labute approximate surface area is 122 Å². The first-order valence-corrected chi connectivity index (χ1v) is 7.47. The van der Waals surface area contributed by atoms with Crippen molar-refractivity contribution in [2.24, 2.45) is 0 Å². The van der Waals surface area contributed by atoms with E-state index in [0.717, 1.165) is 11.1 Å². The largest absolute Gasteiger partial charge is 0.299 e. The summed E-state index contributed by atoms with van der Waals surface area (Å²) >= 11 is 0. The van der Waals surface area contributed by atoms with Crippen LogP contribution in [0.4, 0.5) is 0 Å². The van der Waals surface area contributed by atoms with E-state index in [1.807, 2.05) is 52.0 Å². The quantitative estimate of drug-likeness (QED) is 0.673. The molecule has 0 saturated carbocycles. The molecule has 2 aromatic carbocycles. The third-order valence-electron chi connectivity index (χ3n) is 3.24. The Morgan fingerprint density at radius 3 is 1.45 bits per heavy atom. The van der Waals surface area contributed by atoms with E-state index in [1.54, 1.807) is 6.92 Å². The lowest BCUT2D eigenvalue weighted by molar-refractivity contribution is -0.117. The predicted molar refractivity (Wildman–Crippen MR) is 87.1 cm³/mol. The van der Waals surface area contributed by atoms with Crippen LogP contribution in [-0.2, 0) is 4.79 Å². The first-order valence-electron chi connectivity index (χ1n) is 7.47. The molecule has 0 fully saturated rings. The van der Waals surface area contributed by atoms with Crippen LogP contribution in [0.2, 0.25) is 0 Å². The molecular formula is C19H24O. The molecule has 0 saturated heterocycles. The van der Waals surface area contributed by atoms with Gasteiger partial charge in [0, 0.05) is 0 Å². The molecule has 0 atom stereocenters. The van der Waals surface area contributed by atoms with Gasteiger partial charge in [-0.3, -0.25) is 4.79 Å². The average Bonchev–Trinajstić information content (AvgIpc) is 2.86. The van der Waals surface area contributed by atoms with E-state index in [2.05, 4.69) is 24.3 Å². The third kappa shape index (κ3) is 2.82. The molecule has 0 N–H and O–H groups in total. The molecular weight excluding hydrogens is 244 g/mol. The summed E-state index contributed by atoms with van der Waals surface area (Å²) in [4.78, 5) is 11.8. The van der Waals surface area contributed by atoms with Crippen LogP contribution in [0.1, 0.15) is 51.7 Å². The molecule has 2 aromatic rings. The van der Waals surface area contributed by atoms with Crippen LogP contribution >= 0.6 is 0 Å². The molecule has 0 unspecified atom stereocenters. The third-order valence-corrected chi connectivity index (χ3v) is 3.24. The summed E-state index contributed by atoms with van der Waals surface area (Å²) in [5.41, 5.74) is 4.71. The van der Waals surface area contributed by atoms with E-state index in [-0.39, 0.29) is 11.7 Å². The normalized spacial score (nSPS) is 11.2. The summed E-state index contributed by atoms with van der Waals surface area (Å²) in [5.74, 6) is 0.157. The fourth-order valence-electron chi connectivity index (χ4n) is 2.59. The van der Waals surface area contributed by atoms with Crippen LogP contribution in [0.25, 0.3) is 11.1 Å². The number of hydrogen-bond donors (Lipinski definition) is 0. The Morgan fingerprint density at radius 1 is 0.750 bits per heavy atom. The lowest BCUT2D eigenvalue weighted by atomic mass is 9.93. The lowest BCUT2D eigenvalue weighted by Gasteiger charge is -2.08. The van der Waals surface area contributed by atoms with Crippen molar-refractivity contribution < 1.29 is 4.79 Å². The van der Waals surface area contributed by atoms with E-state index >= 15 is 0 Å². The van der Waals surface area contributed by atoms with Gasteiger partial charge in [0.15, 0.2) is 0 Å². The summed E-state index contributed by atoms with van der Waals surface area (Å²) < 4.78 is 0. The SMILES string of the molecule is CC.CC.CC(=O)C1c2ccccc2-c2ccccc21. The Balaban J connectivity index is 0.000000461. The lowest BCUT2D eigenvalue weighted by Crippen LogP contribution is -2.06. The number of hydrogen-bond acceptors (Lipinski definition) is 1. The number of Topliss-reactive ketones (excluding diaryl/α,β-unsaturated/α-hetero) is 1. The number of benzene rings is 2. The second kappa shape index (κ2) is 7.64. The number of carbonyl (C=O) groups is 1. The van der Waals surface area contributed by atoms with E-state index in [9.17, 15) is 4.79 Å². The number of fused-ring (bicyclic) bond motifs is 3. The van der Waals surface area contributed by atoms with Crippen LogP contribution in [0.3, 0.4) is 0 Å². The van der Waals surface area contributed by atoms with Gasteiger partial charge in [0.2, 0.25) is 0 Å². The highest BCUT2D eigenvalue weighted by Gasteiger charge is 2.30. The number of rotatable bonds is 1. The number of carbonyl (C=O) groups excluding carboxylic acids is 1. The maximum Gasteiger partial charge on any atom is 0.141 e. The monoisotopic (exact) mass is 268 g/mol. The molecule has 1 nitrogen and oxygen atoms in total. The van der Waals surface area contributed by atoms with Gasteiger partial charge in [-0.25, -0.2) is 0 Å². The van der Waals surface area contributed by atoms with Gasteiger partial charge < -0.3 is 0 Å². The molecule has 0 radical (unpaired) electrons. The fourth-order valence-corrected chi connectivity index (χ4v) is 2.59. The molecule has 106 valence electrons. The number of ketones is 1. The Morgan fingerprint density at radius 2 is 1.10 bits per heavy atom. The molecule has 1 aliphatic rings. The van der Waals surface area contributed by atoms with E-state index < -0.39 is 0 Å². The minimum absolute atomic E-state index is 0.0626. The van der Waals surface area contributed by atoms with Crippen molar-refractivity contribution in [2.45, 2.75) is 40.5 Å². The molecule has 1 aliphatic carbocycles. The first kappa shape index (κ1) is 16.2. The summed E-state index contributed by atoms with van der Waals surface area (Å²) in [6.45, 7) is 9.67. The zero-order valence-electron chi connectivity index (χ0n) is 13.1. The van der Waals surface area contributed by atoms with Crippen LogP contribution < -0.4 is 0 Å². The highest BCUT2D eigenvalue weighted by Crippen LogP contribution is 2.44. The van der Waals surface area contributed by atoms with Gasteiger partial charge in [-0.1, -0.05) is 76.2 Å². The zero-order valence-corrected chi connectivity index (χ0v) is 13.1. The highest BCUT2D eigenvalue weighted by molar-refractivity contribution is 5.96. The summed E-state index contributed by atoms with van der Waals surface area (Å²) in [6, 6.07) is 16.4. The summed E-state index contributed by atoms with van der Waals surface area (Å²) in [5, 5.41) is 0. The summed E-state index contributed by atoms with van der Waals surface area (Å²) in [7, 11) is 0. The van der Waals surface area contributed by atoms with Gasteiger partial charge in [0.25, 0.3) is 0 Å². The molecule has 0 aromatic heterocycles. The topological polar surface area (TPSA) is 17.1 Å². The first-order chi connectivity index (χ1) is 9.79. The highest BCUT2D eigenvalue weighted by atomic mass is 16.1. The van der Waals surface area contributed by atoms with Crippen LogP contribution in [0, 0.1) is 0 Å². The molecule has 0 spiro atoms. The molecule has 0 heterocycles. The van der Waals surface area contributed by atoms with Crippen molar-refractivity contribution in [1.29, 1.82) is 0 Å². The van der Waals surface area contributed by atoms with Crippen molar-refractivity contribution in [3.05, 3.63) is 59.7 Å². The van der Waals surface area contributed by atoms with Crippen molar-refractivity contribution in [3.63, 3.8) is 0 Å². The predicted octanol–water partition coefficient (Wildman–Crippen LogP) is 5.44. The minimum atomic E-state index is -0.0626. The molecule has 0 bridgehead atoms. The van der Waals surface area contributed by atoms with Gasteiger partial charge in [0.1, 0.15) is 5.78 Å². The second-order valence-corrected chi connectivity index (χ2v) is 4.22. The maximum absolute atomic E-state index is 11.8. The van der Waals surface area contributed by atoms with Crippen LogP contribution in [0.15, 0.2) is 48.5 Å². The standard InChI is InChI=1S/C15H12O.2C2H6/c1-10(16)15-13-8-4-2-6-11(13)12-7-3-5-9-14(12)15;2*1-2/h2-9,15H,1H3;2*1-2H3. The summed E-state index contributed by atoms with van der Waals surface area (Å²) in [6.07, 6.45) is 0. The van der Waals surface area contributed by atoms with Crippen LogP contribution in [0.5, 0.6) is 0 Å². The zero-order chi connectivity index (χ0) is 15.1. The van der Waals surface area contributed by atoms with Gasteiger partial charge in [-0.2, -0.15) is 0 Å². The van der Waals surface area contributed by atoms with E-state index in [0.29, 0.717) is 0 Å². The van der Waals surface area contributed by atoms with Crippen molar-refractivity contribution in [3.8, 4) is 11.1 Å². The van der Waals surface area contributed by atoms with Gasteiger partial charge in [0.05, 0.1) is 5.92 Å². The fraction of sp³-hybridized carbons (Fsp3) is 0.316. The van der Waals surface area contributed by atoms with Crippen molar-refractivity contribution in [2.75, 3.05) is 0 Å². The van der Waals surface area contributed by atoms with Gasteiger partial charge in [-0.05, 0) is 29.2 Å². The van der Waals surface area contributed by atoms with E-state index in [1.165, 1.54) is 11.1 Å². The minimum Gasteiger partial charge on any atom is -0.299 e. The Bertz CT molecular complexity index is 524. The Kier molecular flexibility index (Phi) is 6.17. The maximum atomic E-state index is 11.8. The van der Waals surface area contributed by atoms with Crippen molar-refractivity contribution >= 4 is 5.78 Å². The average molecular weight is 268 g/mol. The molecule has 0 aliphatic heterocycles. The molecule has 20 heavy (non-hydrogen) atoms. The van der Waals surface area contributed by atoms with Crippen LogP contribution in [-0.4, -0.2) is 5.78 Å².